The molecule has 15 rings (SSSR count). The molecule has 0 amide bonds. The monoisotopic (exact) mass is 1260 g/mol. The number of hydrogen-bond donors (Lipinski definition) is 0. The molecule has 480 valence electrons. The van der Waals surface area contributed by atoms with Crippen molar-refractivity contribution in [2.45, 2.75) is 104 Å². The highest BCUT2D eigenvalue weighted by molar-refractivity contribution is 5.85. The summed E-state index contributed by atoms with van der Waals surface area (Å²) >= 11 is 0. The van der Waals surface area contributed by atoms with Crippen molar-refractivity contribution in [3.8, 4) is 28.7 Å². The molecule has 5 aliphatic heterocycles. The van der Waals surface area contributed by atoms with Gasteiger partial charge in [-0.1, -0.05) is 115 Å². The Morgan fingerprint density at radius 2 is 0.579 bits per heavy atom. The van der Waals surface area contributed by atoms with E-state index in [1.54, 1.807) is 0 Å². The van der Waals surface area contributed by atoms with Gasteiger partial charge in [0, 0.05) is 58.1 Å². The molecule has 10 aromatic carbocycles. The number of ether oxygens (including phenoxy) is 5. The van der Waals surface area contributed by atoms with Gasteiger partial charge in [-0.2, -0.15) is 22.9 Å². The minimum absolute atomic E-state index is 0.570. The van der Waals surface area contributed by atoms with E-state index in [-0.39, 0.29) is 0 Å². The summed E-state index contributed by atoms with van der Waals surface area (Å²) in [5, 5.41) is 0. The molecular formula is C85H90N5O5+5. The van der Waals surface area contributed by atoms with Crippen LogP contribution in [-0.4, -0.2) is 87.6 Å². The lowest BCUT2D eigenvalue weighted by Gasteiger charge is -2.17. The predicted molar refractivity (Wildman–Crippen MR) is 388 cm³/mol. The Hall–Kier alpha value is -10.5. The third-order valence-corrected chi connectivity index (χ3v) is 18.2. The number of nitrogens with zero attached hydrogens (tertiary/aromatic N) is 5. The fourth-order valence-electron chi connectivity index (χ4n) is 12.8. The second kappa shape index (κ2) is 29.2. The molecule has 0 saturated heterocycles. The van der Waals surface area contributed by atoms with Crippen LogP contribution in [0.2, 0.25) is 0 Å². The zero-order chi connectivity index (χ0) is 67.0. The van der Waals surface area contributed by atoms with Gasteiger partial charge in [0.25, 0.3) is 33.7 Å². The summed E-state index contributed by atoms with van der Waals surface area (Å²) in [6.45, 7) is 34.7. The summed E-state index contributed by atoms with van der Waals surface area (Å²) in [4.78, 5) is 0. The summed E-state index contributed by atoms with van der Waals surface area (Å²) in [7, 11) is 0. The van der Waals surface area contributed by atoms with Crippen molar-refractivity contribution in [3.05, 3.63) is 293 Å². The van der Waals surface area contributed by atoms with Crippen LogP contribution in [0.15, 0.2) is 182 Å². The van der Waals surface area contributed by atoms with Gasteiger partial charge in [0.05, 0.1) is 27.8 Å². The number of para-hydroxylation sites is 6. The Morgan fingerprint density at radius 3 is 1.04 bits per heavy atom. The molecule has 5 aliphatic rings. The lowest BCUT2D eigenvalue weighted by Crippen LogP contribution is -2.22. The van der Waals surface area contributed by atoms with E-state index >= 15 is 0 Å². The third kappa shape index (κ3) is 15.1. The number of aryl methyl sites for hydroxylation is 14. The third-order valence-electron chi connectivity index (χ3n) is 18.2. The second-order valence-electron chi connectivity index (χ2n) is 25.6. The van der Waals surface area contributed by atoms with Crippen LogP contribution in [0, 0.1) is 104 Å². The van der Waals surface area contributed by atoms with Crippen LogP contribution in [0.3, 0.4) is 0 Å². The van der Waals surface area contributed by atoms with E-state index in [0.717, 1.165) is 56.6 Å². The largest absolute Gasteiger partial charge is 0.435 e. The minimum Gasteiger partial charge on any atom is -0.435 e. The molecule has 5 heterocycles. The molecule has 0 atom stereocenters. The summed E-state index contributed by atoms with van der Waals surface area (Å²) in [6, 6.07) is 63.4. The normalized spacial score (nSPS) is 13.5. The Kier molecular flexibility index (Phi) is 20.3. The van der Waals surface area contributed by atoms with Gasteiger partial charge < -0.3 is 23.7 Å². The van der Waals surface area contributed by atoms with Gasteiger partial charge >= 0.3 is 0 Å². The highest BCUT2D eigenvalue weighted by Gasteiger charge is 2.27. The van der Waals surface area contributed by atoms with Crippen molar-refractivity contribution >= 4 is 59.5 Å². The average Bonchev–Trinajstić information content (AvgIpc) is 0.855. The molecule has 10 heteroatoms. The first-order chi connectivity index (χ1) is 45.8. The molecular weight excluding hydrogens is 1170 g/mol. The fraction of sp³-hybridized carbons (Fsp3) is 0.235. The highest BCUT2D eigenvalue weighted by Crippen LogP contribution is 2.34. The molecule has 95 heavy (non-hydrogen) atoms. The molecule has 0 saturated carbocycles. The number of benzene rings is 10. The molecule has 0 aliphatic carbocycles. The van der Waals surface area contributed by atoms with Gasteiger partial charge in [-0.05, 0) is 196 Å². The molecule has 0 spiro atoms. The first kappa shape index (κ1) is 66.0. The zero-order valence-corrected chi connectivity index (χ0v) is 58.0. The van der Waals surface area contributed by atoms with E-state index in [1.807, 2.05) is 0 Å². The Morgan fingerprint density at radius 1 is 0.232 bits per heavy atom. The van der Waals surface area contributed by atoms with E-state index < -0.39 is 0 Å². The number of fused-ring (bicyclic) bond motifs is 5. The lowest BCUT2D eigenvalue weighted by atomic mass is 10.0. The van der Waals surface area contributed by atoms with Gasteiger partial charge in [-0.15, -0.1) is 0 Å². The van der Waals surface area contributed by atoms with Gasteiger partial charge in [-0.25, -0.2) is 0 Å². The van der Waals surface area contributed by atoms with Crippen LogP contribution >= 0.6 is 0 Å². The maximum absolute atomic E-state index is 5.96. The van der Waals surface area contributed by atoms with E-state index in [9.17, 15) is 0 Å². The number of hydrogen-bond acceptors (Lipinski definition) is 5. The summed E-state index contributed by atoms with van der Waals surface area (Å²) in [6.07, 6.45) is 10.9. The maximum Gasteiger partial charge on any atom is 0.292 e. The molecule has 10 nitrogen and oxygen atoms in total. The predicted octanol–water partition coefficient (Wildman–Crippen LogP) is 18.6. The summed E-state index contributed by atoms with van der Waals surface area (Å²) < 4.78 is 40.4. The molecule has 0 fully saturated rings. The Labute approximate surface area is 562 Å². The standard InChI is InChI=1S/C18H20NO.3C17H18NO.C16H16NO/c1-12-8-14(3)17(15(4)9-12)19-10-16-7-5-6-13(2)18(16)20-11-19;1-12-6-5-9-16(14(12)3)18-10-15-8-4-7-13(2)17(15)19-11-18;1-12-7-8-16(9-14(12)3)18-10-15-6-4-5-13(2)17(15)19-11-18;1-12-7-8-13(2)16(9-12)18-10-15-6-4-5-14(3)17(15)19-11-18;1-12-6-3-4-9-15(12)17-10-14-8-5-7-13(2)16(14)18-11-17/h5-10H,11H2,1-4H3;3*4-10H,11H2,1-3H3;3-10H,11H2,1-2H3/q5*+1. The fourth-order valence-corrected chi connectivity index (χ4v) is 12.8. The molecule has 0 N–H and O–H groups in total. The van der Waals surface area contributed by atoms with Crippen LogP contribution in [-0.2, 0) is 0 Å². The van der Waals surface area contributed by atoms with Crippen LogP contribution in [0.5, 0.6) is 28.7 Å². The van der Waals surface area contributed by atoms with Crippen molar-refractivity contribution in [3.63, 3.8) is 0 Å². The smallest absolute Gasteiger partial charge is 0.292 e. The van der Waals surface area contributed by atoms with Crippen LogP contribution in [0.1, 0.15) is 111 Å². The van der Waals surface area contributed by atoms with Crippen molar-refractivity contribution < 1.29 is 46.6 Å². The summed E-state index contributed by atoms with van der Waals surface area (Å²) in [5.41, 5.74) is 30.6. The number of rotatable bonds is 5. The van der Waals surface area contributed by atoms with Crippen molar-refractivity contribution in [1.82, 2.24) is 0 Å². The zero-order valence-electron chi connectivity index (χ0n) is 58.0. The molecule has 0 bridgehead atoms. The van der Waals surface area contributed by atoms with Crippen molar-refractivity contribution in [1.29, 1.82) is 0 Å². The minimum atomic E-state index is 0.570. The summed E-state index contributed by atoms with van der Waals surface area (Å²) in [5.74, 6) is 5.02. The first-order valence-electron chi connectivity index (χ1n) is 32.8. The second-order valence-corrected chi connectivity index (χ2v) is 25.6. The van der Waals surface area contributed by atoms with Crippen molar-refractivity contribution in [2.75, 3.05) is 33.7 Å². The highest BCUT2D eigenvalue weighted by atomic mass is 16.5. The van der Waals surface area contributed by atoms with E-state index in [1.165, 1.54) is 112 Å². The van der Waals surface area contributed by atoms with Gasteiger partial charge in [0.15, 0.2) is 31.1 Å². The lowest BCUT2D eigenvalue weighted by molar-refractivity contribution is -0.477. The Balaban J connectivity index is 0.000000121. The van der Waals surface area contributed by atoms with E-state index in [4.69, 9.17) is 23.7 Å². The molecule has 0 radical (unpaired) electrons. The molecule has 0 aromatic heterocycles. The van der Waals surface area contributed by atoms with Gasteiger partial charge in [0.2, 0.25) is 28.4 Å². The first-order valence-corrected chi connectivity index (χ1v) is 32.8. The average molecular weight is 1260 g/mol. The Bertz CT molecular complexity index is 4640. The van der Waals surface area contributed by atoms with Crippen LogP contribution in [0.25, 0.3) is 0 Å². The SMILES string of the molecule is Cc1cc(C)c([N+]2=Cc3cccc(C)c3OC2)c(C)c1.Cc1ccc(C)c([N+]2=Cc3cccc(C)c3OC2)c1.Cc1ccc([N+]2=Cc3cccc(C)c3OC2)cc1C.Cc1cccc([N+]2=Cc3cccc(C)c3OC2)c1C.Cc1ccccc1[N+]1=Cc2cccc(C)c2OC1. The van der Waals surface area contributed by atoms with Gasteiger partial charge in [-0.3, -0.25) is 0 Å². The molecule has 10 aromatic rings. The quantitative estimate of drug-likeness (QED) is 0.161. The van der Waals surface area contributed by atoms with Gasteiger partial charge in [0.1, 0.15) is 28.7 Å². The van der Waals surface area contributed by atoms with Crippen molar-refractivity contribution in [2.24, 2.45) is 0 Å². The van der Waals surface area contributed by atoms with E-state index in [2.05, 4.69) is 340 Å². The van der Waals surface area contributed by atoms with Crippen LogP contribution < -0.4 is 23.7 Å². The van der Waals surface area contributed by atoms with Crippen LogP contribution in [0.4, 0.5) is 28.4 Å². The maximum atomic E-state index is 5.96. The van der Waals surface area contributed by atoms with E-state index in [0.29, 0.717) is 33.7 Å². The topological polar surface area (TPSA) is 61.2 Å². The molecule has 0 unspecified atom stereocenters.